The first-order valence-corrected chi connectivity index (χ1v) is 11.9. The highest BCUT2D eigenvalue weighted by Gasteiger charge is 2.35. The lowest BCUT2D eigenvalue weighted by Crippen LogP contribution is -2.39. The number of hydrogen-bond donors (Lipinski definition) is 2. The Labute approximate surface area is 182 Å². The van der Waals surface area contributed by atoms with Gasteiger partial charge in [0.15, 0.2) is 0 Å². The first kappa shape index (κ1) is 21.2. The number of guanidine groups is 1. The summed E-state index contributed by atoms with van der Waals surface area (Å²) in [4.78, 5) is 18.6. The van der Waals surface area contributed by atoms with Crippen LogP contribution >= 0.6 is 0 Å². The maximum atomic E-state index is 13.3. The van der Waals surface area contributed by atoms with Crippen LogP contribution in [0.4, 0.5) is 10.5 Å². The van der Waals surface area contributed by atoms with Crippen LogP contribution in [0.5, 0.6) is 0 Å². The molecule has 0 radical (unpaired) electrons. The Morgan fingerprint density at radius 3 is 2.74 bits per heavy atom. The van der Waals surface area contributed by atoms with E-state index >= 15 is 0 Å². The highest BCUT2D eigenvalue weighted by atomic mass is 32.2. The van der Waals surface area contributed by atoms with Crippen molar-refractivity contribution < 1.29 is 13.2 Å². The molecule has 2 aromatic rings. The molecular weight excluding hydrogens is 414 g/mol. The van der Waals surface area contributed by atoms with E-state index in [2.05, 4.69) is 17.2 Å². The summed E-state index contributed by atoms with van der Waals surface area (Å²) in [6.07, 6.45) is 2.54. The van der Waals surface area contributed by atoms with Gasteiger partial charge in [0, 0.05) is 18.8 Å². The van der Waals surface area contributed by atoms with E-state index in [1.165, 1.54) is 6.07 Å². The van der Waals surface area contributed by atoms with Gasteiger partial charge in [-0.25, -0.2) is 22.5 Å². The van der Waals surface area contributed by atoms with E-state index in [0.29, 0.717) is 19.5 Å². The van der Waals surface area contributed by atoms with Gasteiger partial charge in [-0.2, -0.15) is 0 Å². The smallest absolute Gasteiger partial charge is 0.321 e. The Kier molecular flexibility index (Phi) is 5.86. The maximum absolute atomic E-state index is 13.3. The minimum absolute atomic E-state index is 0.00807. The summed E-state index contributed by atoms with van der Waals surface area (Å²) in [5.74, 6) is -0.00807. The number of unbranched alkanes of at least 4 members (excludes halogenated alkanes) is 1. The Morgan fingerprint density at radius 2 is 2.00 bits per heavy atom. The molecular formula is C22H27N5O3S. The minimum atomic E-state index is -3.85. The summed E-state index contributed by atoms with van der Waals surface area (Å²) in [5, 5.41) is 2.91. The number of nitrogens with two attached hydrogens (primary N) is 1. The van der Waals surface area contributed by atoms with Crippen LogP contribution in [-0.2, 0) is 16.4 Å². The third-order valence-corrected chi connectivity index (χ3v) is 7.42. The molecule has 0 saturated heterocycles. The predicted molar refractivity (Wildman–Crippen MR) is 120 cm³/mol. The Bertz CT molecular complexity index is 1100. The molecule has 0 spiro atoms. The van der Waals surface area contributed by atoms with Crippen molar-refractivity contribution in [2.24, 2.45) is 10.7 Å². The first-order valence-electron chi connectivity index (χ1n) is 10.5. The number of amides is 2. The number of nitrogens with one attached hydrogen (secondary N) is 1. The second-order valence-electron chi connectivity index (χ2n) is 7.73. The average Bonchev–Trinajstić information content (AvgIpc) is 3.38. The molecule has 3 N–H and O–H groups in total. The number of carbonyl (C=O) groups excluding carboxylic acids is 1. The van der Waals surface area contributed by atoms with Crippen LogP contribution in [0.3, 0.4) is 0 Å². The van der Waals surface area contributed by atoms with Crippen LogP contribution in [0.25, 0.3) is 0 Å². The van der Waals surface area contributed by atoms with Crippen LogP contribution in [0.2, 0.25) is 0 Å². The highest BCUT2D eigenvalue weighted by molar-refractivity contribution is 7.89. The van der Waals surface area contributed by atoms with Crippen molar-refractivity contribution in [3.8, 4) is 0 Å². The van der Waals surface area contributed by atoms with Gasteiger partial charge in [-0.05, 0) is 42.2 Å². The van der Waals surface area contributed by atoms with Crippen molar-refractivity contribution in [1.82, 2.24) is 9.62 Å². The monoisotopic (exact) mass is 441 g/mol. The topological polar surface area (TPSA) is 108 Å². The summed E-state index contributed by atoms with van der Waals surface area (Å²) in [7, 11) is -3.85. The molecule has 0 aliphatic carbocycles. The molecule has 0 fully saturated rings. The average molecular weight is 442 g/mol. The van der Waals surface area contributed by atoms with Gasteiger partial charge in [-0.3, -0.25) is 4.90 Å². The predicted octanol–water partition coefficient (Wildman–Crippen LogP) is 2.62. The van der Waals surface area contributed by atoms with Gasteiger partial charge < -0.3 is 11.1 Å². The summed E-state index contributed by atoms with van der Waals surface area (Å²) in [6, 6.07) is 13.9. The fourth-order valence-corrected chi connectivity index (χ4v) is 5.35. The third-order valence-electron chi connectivity index (χ3n) is 5.65. The van der Waals surface area contributed by atoms with Crippen LogP contribution in [0, 0.1) is 0 Å². The van der Waals surface area contributed by atoms with E-state index in [0.717, 1.165) is 34.0 Å². The summed E-state index contributed by atoms with van der Waals surface area (Å²) < 4.78 is 27.7. The van der Waals surface area contributed by atoms with Crippen molar-refractivity contribution in [2.75, 3.05) is 24.5 Å². The SMILES string of the molecule is CCCCNC(=O)N1CCc2cc(S(=O)(=O)N3C[C@H](c4ccccc4)N=C3N)ccc21. The van der Waals surface area contributed by atoms with E-state index in [-0.39, 0.29) is 29.5 Å². The van der Waals surface area contributed by atoms with E-state index in [1.54, 1.807) is 17.0 Å². The van der Waals surface area contributed by atoms with Crippen LogP contribution in [0.1, 0.15) is 36.9 Å². The molecule has 0 aromatic heterocycles. The number of aliphatic imine (C=N–C) groups is 1. The van der Waals surface area contributed by atoms with Crippen molar-refractivity contribution in [2.45, 2.75) is 37.1 Å². The number of benzene rings is 2. The molecule has 2 aromatic carbocycles. The summed E-state index contributed by atoms with van der Waals surface area (Å²) in [5.41, 5.74) is 8.50. The number of nitrogens with zero attached hydrogens (tertiary/aromatic N) is 3. The zero-order valence-corrected chi connectivity index (χ0v) is 18.3. The molecule has 0 bridgehead atoms. The lowest BCUT2D eigenvalue weighted by molar-refractivity contribution is 0.246. The molecule has 8 nitrogen and oxygen atoms in total. The fraction of sp³-hybridized carbons (Fsp3) is 0.364. The van der Waals surface area contributed by atoms with Crippen molar-refractivity contribution in [3.63, 3.8) is 0 Å². The normalized spacial score (nSPS) is 18.1. The minimum Gasteiger partial charge on any atom is -0.369 e. The van der Waals surface area contributed by atoms with Crippen molar-refractivity contribution >= 4 is 27.7 Å². The number of rotatable bonds is 6. The van der Waals surface area contributed by atoms with Gasteiger partial charge in [0.1, 0.15) is 0 Å². The van der Waals surface area contributed by atoms with E-state index in [9.17, 15) is 13.2 Å². The molecule has 0 unspecified atom stereocenters. The maximum Gasteiger partial charge on any atom is 0.321 e. The summed E-state index contributed by atoms with van der Waals surface area (Å²) in [6.45, 7) is 3.39. The Hall–Kier alpha value is -3.07. The van der Waals surface area contributed by atoms with Crippen LogP contribution < -0.4 is 16.0 Å². The molecule has 0 saturated carbocycles. The van der Waals surface area contributed by atoms with E-state index in [1.807, 2.05) is 30.3 Å². The molecule has 164 valence electrons. The van der Waals surface area contributed by atoms with Gasteiger partial charge in [-0.15, -0.1) is 0 Å². The molecule has 31 heavy (non-hydrogen) atoms. The zero-order chi connectivity index (χ0) is 22.0. The number of sulfonamides is 1. The van der Waals surface area contributed by atoms with Gasteiger partial charge in [0.25, 0.3) is 10.0 Å². The van der Waals surface area contributed by atoms with Gasteiger partial charge in [-0.1, -0.05) is 43.7 Å². The van der Waals surface area contributed by atoms with Crippen LogP contribution in [0.15, 0.2) is 58.4 Å². The third kappa shape index (κ3) is 4.10. The number of urea groups is 1. The fourth-order valence-electron chi connectivity index (χ4n) is 3.94. The second kappa shape index (κ2) is 8.58. The summed E-state index contributed by atoms with van der Waals surface area (Å²) >= 11 is 0. The van der Waals surface area contributed by atoms with Gasteiger partial charge in [0.05, 0.1) is 17.5 Å². The molecule has 2 amide bonds. The van der Waals surface area contributed by atoms with Crippen LogP contribution in [-0.4, -0.2) is 44.3 Å². The quantitative estimate of drug-likeness (QED) is 0.672. The molecule has 2 aliphatic rings. The van der Waals surface area contributed by atoms with Gasteiger partial charge in [0.2, 0.25) is 5.96 Å². The molecule has 4 rings (SSSR count). The molecule has 2 aliphatic heterocycles. The zero-order valence-electron chi connectivity index (χ0n) is 17.5. The standard InChI is InChI=1S/C22H27N5O3S/c1-2-3-12-24-22(28)26-13-11-17-14-18(9-10-20(17)26)31(29,30)27-15-19(25-21(27)23)16-7-5-4-6-8-16/h4-10,14,19H,2-3,11-13,15H2,1H3,(H2,23,25)(H,24,28)/t19-/m1/s1. The number of carbonyl (C=O) groups is 1. The van der Waals surface area contributed by atoms with Crippen molar-refractivity contribution in [3.05, 3.63) is 59.7 Å². The van der Waals surface area contributed by atoms with Crippen molar-refractivity contribution in [1.29, 1.82) is 0 Å². The molecule has 1 atom stereocenters. The number of anilines is 1. The van der Waals surface area contributed by atoms with Gasteiger partial charge >= 0.3 is 6.03 Å². The lowest BCUT2D eigenvalue weighted by Gasteiger charge is -2.20. The first-order chi connectivity index (χ1) is 14.9. The largest absolute Gasteiger partial charge is 0.369 e. The lowest BCUT2D eigenvalue weighted by atomic mass is 10.1. The second-order valence-corrected chi connectivity index (χ2v) is 9.59. The van der Waals surface area contributed by atoms with E-state index in [4.69, 9.17) is 5.73 Å². The molecule has 9 heteroatoms. The number of hydrogen-bond acceptors (Lipinski definition) is 5. The van der Waals surface area contributed by atoms with E-state index < -0.39 is 10.0 Å². The Balaban J connectivity index is 1.53. The number of fused-ring (bicyclic) bond motifs is 1. The highest BCUT2D eigenvalue weighted by Crippen LogP contribution is 2.33. The Morgan fingerprint density at radius 1 is 1.23 bits per heavy atom. The molecule has 2 heterocycles.